The number of aromatic amines is 1. The Morgan fingerprint density at radius 3 is 2.38 bits per heavy atom. The van der Waals surface area contributed by atoms with E-state index in [1.807, 2.05) is 42.5 Å². The van der Waals surface area contributed by atoms with Crippen molar-refractivity contribution < 1.29 is 23.8 Å². The van der Waals surface area contributed by atoms with Crippen molar-refractivity contribution in [3.8, 4) is 17.1 Å². The molecule has 8 heteroatoms. The Kier molecular flexibility index (Phi) is 5.76. The van der Waals surface area contributed by atoms with Gasteiger partial charge in [0, 0.05) is 23.5 Å². The van der Waals surface area contributed by atoms with Crippen molar-refractivity contribution >= 4 is 28.7 Å². The molecule has 162 valence electrons. The molecule has 32 heavy (non-hydrogen) atoms. The number of methoxy groups -OCH3 is 3. The number of carbonyl (C=O) groups is 2. The first-order valence-electron chi connectivity index (χ1n) is 9.75. The Morgan fingerprint density at radius 2 is 1.69 bits per heavy atom. The smallest absolute Gasteiger partial charge is 0.355 e. The number of hydrogen-bond acceptors (Lipinski definition) is 7. The molecule has 0 spiro atoms. The Hall–Kier alpha value is -4.33. The SMILES string of the molecule is COC(=O)C1=C(C(=O)OC)N(c2ccc(-c3nc4ccc(OC)cc4[nH]3)cc2)C=CC=C1. The van der Waals surface area contributed by atoms with Gasteiger partial charge in [-0.3, -0.25) is 0 Å². The Balaban J connectivity index is 1.72. The summed E-state index contributed by atoms with van der Waals surface area (Å²) in [6.45, 7) is 0. The third kappa shape index (κ3) is 3.85. The van der Waals surface area contributed by atoms with Crippen molar-refractivity contribution in [2.24, 2.45) is 0 Å². The summed E-state index contributed by atoms with van der Waals surface area (Å²) in [5, 5.41) is 0. The molecule has 8 nitrogen and oxygen atoms in total. The zero-order valence-electron chi connectivity index (χ0n) is 17.8. The third-order valence-corrected chi connectivity index (χ3v) is 5.00. The first-order chi connectivity index (χ1) is 15.5. The zero-order chi connectivity index (χ0) is 22.7. The van der Waals surface area contributed by atoms with Gasteiger partial charge in [-0.15, -0.1) is 0 Å². The van der Waals surface area contributed by atoms with E-state index in [1.54, 1.807) is 30.4 Å². The fraction of sp³-hybridized carbons (Fsp3) is 0.125. The highest BCUT2D eigenvalue weighted by Gasteiger charge is 2.27. The van der Waals surface area contributed by atoms with Crippen LogP contribution < -0.4 is 9.64 Å². The topological polar surface area (TPSA) is 93.8 Å². The molecule has 4 rings (SSSR count). The van der Waals surface area contributed by atoms with Crippen LogP contribution in [0.5, 0.6) is 5.75 Å². The molecule has 0 amide bonds. The molecule has 0 atom stereocenters. The van der Waals surface area contributed by atoms with Gasteiger partial charge in [0.15, 0.2) is 0 Å². The van der Waals surface area contributed by atoms with Gasteiger partial charge in [-0.05, 0) is 48.6 Å². The standard InChI is InChI=1S/C24H21N3O5/c1-30-17-11-12-19-20(14-17)26-22(25-19)15-7-9-16(10-8-15)27-13-5-4-6-18(23(28)31-2)21(27)24(29)32-3/h4-14H,1-3H3,(H,25,26). The van der Waals surface area contributed by atoms with E-state index in [1.165, 1.54) is 20.3 Å². The van der Waals surface area contributed by atoms with Gasteiger partial charge < -0.3 is 24.1 Å². The highest BCUT2D eigenvalue weighted by atomic mass is 16.5. The average Bonchev–Trinajstić information content (AvgIpc) is 3.14. The number of aromatic nitrogens is 2. The van der Waals surface area contributed by atoms with E-state index in [2.05, 4.69) is 9.97 Å². The van der Waals surface area contributed by atoms with Crippen molar-refractivity contribution in [3.05, 3.63) is 78.2 Å². The van der Waals surface area contributed by atoms with Crippen LogP contribution in [0, 0.1) is 0 Å². The summed E-state index contributed by atoms with van der Waals surface area (Å²) in [6, 6.07) is 13.0. The van der Waals surface area contributed by atoms with E-state index in [4.69, 9.17) is 14.2 Å². The number of anilines is 1. The normalized spacial score (nSPS) is 13.3. The number of allylic oxidation sites excluding steroid dienone is 2. The van der Waals surface area contributed by atoms with Gasteiger partial charge in [-0.2, -0.15) is 0 Å². The van der Waals surface area contributed by atoms with Gasteiger partial charge in [0.25, 0.3) is 0 Å². The van der Waals surface area contributed by atoms with E-state index in [9.17, 15) is 9.59 Å². The molecule has 3 aromatic rings. The molecular formula is C24H21N3O5. The number of hydrogen-bond donors (Lipinski definition) is 1. The summed E-state index contributed by atoms with van der Waals surface area (Å²) >= 11 is 0. The number of fused-ring (bicyclic) bond motifs is 1. The monoisotopic (exact) mass is 431 g/mol. The molecule has 0 radical (unpaired) electrons. The Labute approximate surface area is 184 Å². The number of esters is 2. The maximum atomic E-state index is 12.6. The highest BCUT2D eigenvalue weighted by molar-refractivity contribution is 6.05. The molecule has 1 aromatic heterocycles. The minimum atomic E-state index is -0.656. The lowest BCUT2D eigenvalue weighted by molar-refractivity contribution is -0.139. The predicted octanol–water partition coefficient (Wildman–Crippen LogP) is 3.73. The molecule has 1 aliphatic rings. The van der Waals surface area contributed by atoms with Crippen molar-refractivity contribution in [2.75, 3.05) is 26.2 Å². The summed E-state index contributed by atoms with van der Waals surface area (Å²) in [6.07, 6.45) is 6.58. The number of benzene rings is 2. The number of ether oxygens (including phenoxy) is 3. The van der Waals surface area contributed by atoms with Crippen LogP contribution in [0.1, 0.15) is 0 Å². The van der Waals surface area contributed by atoms with Crippen LogP contribution in [0.4, 0.5) is 5.69 Å². The van der Waals surface area contributed by atoms with Crippen LogP contribution in [0.3, 0.4) is 0 Å². The van der Waals surface area contributed by atoms with Gasteiger partial charge in [-0.25, -0.2) is 14.6 Å². The molecule has 2 aromatic carbocycles. The van der Waals surface area contributed by atoms with Crippen LogP contribution >= 0.6 is 0 Å². The lowest BCUT2D eigenvalue weighted by atomic mass is 10.1. The third-order valence-electron chi connectivity index (χ3n) is 5.00. The van der Waals surface area contributed by atoms with E-state index in [0.29, 0.717) is 11.5 Å². The van der Waals surface area contributed by atoms with Gasteiger partial charge in [0.2, 0.25) is 0 Å². The lowest BCUT2D eigenvalue weighted by Gasteiger charge is -2.23. The molecular weight excluding hydrogens is 410 g/mol. The number of imidazole rings is 1. The number of nitrogens with zero attached hydrogens (tertiary/aromatic N) is 2. The van der Waals surface area contributed by atoms with Crippen molar-refractivity contribution in [1.29, 1.82) is 0 Å². The first-order valence-corrected chi connectivity index (χ1v) is 9.75. The van der Waals surface area contributed by atoms with Crippen molar-refractivity contribution in [2.45, 2.75) is 0 Å². The van der Waals surface area contributed by atoms with Gasteiger partial charge in [-0.1, -0.05) is 6.08 Å². The van der Waals surface area contributed by atoms with Crippen molar-refractivity contribution in [1.82, 2.24) is 9.97 Å². The molecule has 0 fully saturated rings. The summed E-state index contributed by atoms with van der Waals surface area (Å²) in [5.74, 6) is 0.154. The molecule has 0 unspecified atom stereocenters. The van der Waals surface area contributed by atoms with Gasteiger partial charge in [0.05, 0.1) is 37.9 Å². The second-order valence-corrected chi connectivity index (χ2v) is 6.83. The maximum Gasteiger partial charge on any atom is 0.355 e. The molecule has 1 aliphatic heterocycles. The molecule has 1 N–H and O–H groups in total. The van der Waals surface area contributed by atoms with Crippen LogP contribution in [-0.4, -0.2) is 43.2 Å². The average molecular weight is 431 g/mol. The predicted molar refractivity (Wildman–Crippen MR) is 120 cm³/mol. The summed E-state index contributed by atoms with van der Waals surface area (Å²) in [4.78, 5) is 34.3. The van der Waals surface area contributed by atoms with Crippen LogP contribution in [0.2, 0.25) is 0 Å². The summed E-state index contributed by atoms with van der Waals surface area (Å²) in [7, 11) is 4.14. The van der Waals surface area contributed by atoms with Gasteiger partial charge in [0.1, 0.15) is 17.3 Å². The van der Waals surface area contributed by atoms with E-state index >= 15 is 0 Å². The quantitative estimate of drug-likeness (QED) is 0.615. The minimum Gasteiger partial charge on any atom is -0.497 e. The molecule has 0 saturated heterocycles. The van der Waals surface area contributed by atoms with E-state index in [0.717, 1.165) is 22.3 Å². The molecule has 2 heterocycles. The summed E-state index contributed by atoms with van der Waals surface area (Å²) in [5.41, 5.74) is 3.37. The summed E-state index contributed by atoms with van der Waals surface area (Å²) < 4.78 is 15.0. The second kappa shape index (κ2) is 8.81. The minimum absolute atomic E-state index is 0.0629. The number of carbonyl (C=O) groups excluding carboxylic acids is 2. The van der Waals surface area contributed by atoms with E-state index < -0.39 is 11.9 Å². The van der Waals surface area contributed by atoms with Crippen LogP contribution in [0.15, 0.2) is 78.2 Å². The number of rotatable bonds is 5. The Bertz CT molecular complexity index is 1270. The number of H-pyrrole nitrogens is 1. The lowest BCUT2D eigenvalue weighted by Crippen LogP contribution is -2.26. The van der Waals surface area contributed by atoms with E-state index in [-0.39, 0.29) is 11.3 Å². The highest BCUT2D eigenvalue weighted by Crippen LogP contribution is 2.29. The molecule has 0 aliphatic carbocycles. The Morgan fingerprint density at radius 1 is 0.938 bits per heavy atom. The second-order valence-electron chi connectivity index (χ2n) is 6.83. The fourth-order valence-corrected chi connectivity index (χ4v) is 3.40. The fourth-order valence-electron chi connectivity index (χ4n) is 3.40. The molecule has 0 bridgehead atoms. The first kappa shape index (κ1) is 20.9. The van der Waals surface area contributed by atoms with Crippen LogP contribution in [0.25, 0.3) is 22.4 Å². The molecule has 0 saturated carbocycles. The maximum absolute atomic E-state index is 12.6. The zero-order valence-corrected chi connectivity index (χ0v) is 17.8. The van der Waals surface area contributed by atoms with Crippen molar-refractivity contribution in [3.63, 3.8) is 0 Å². The largest absolute Gasteiger partial charge is 0.497 e. The van der Waals surface area contributed by atoms with Crippen LogP contribution in [-0.2, 0) is 19.1 Å². The number of nitrogens with one attached hydrogen (secondary N) is 1. The van der Waals surface area contributed by atoms with Gasteiger partial charge >= 0.3 is 11.9 Å².